The van der Waals surface area contributed by atoms with Crippen LogP contribution in [-0.4, -0.2) is 42.0 Å². The molecule has 1 fully saturated rings. The predicted molar refractivity (Wildman–Crippen MR) is 94.1 cm³/mol. The zero-order valence-electron chi connectivity index (χ0n) is 12.7. The van der Waals surface area contributed by atoms with Gasteiger partial charge < -0.3 is 15.5 Å². The van der Waals surface area contributed by atoms with E-state index < -0.39 is 6.04 Å². The summed E-state index contributed by atoms with van der Waals surface area (Å²) in [6, 6.07) is 12.9. The Balaban J connectivity index is 1.60. The summed E-state index contributed by atoms with van der Waals surface area (Å²) in [6.45, 7) is 2.86. The van der Waals surface area contributed by atoms with Gasteiger partial charge in [-0.05, 0) is 33.6 Å². The third-order valence-corrected chi connectivity index (χ3v) is 4.52. The number of piperazine rings is 1. The van der Waals surface area contributed by atoms with E-state index in [2.05, 4.69) is 25.8 Å². The van der Waals surface area contributed by atoms with Gasteiger partial charge in [-0.2, -0.15) is 0 Å². The van der Waals surface area contributed by atoms with Gasteiger partial charge in [-0.25, -0.2) is 4.98 Å². The highest BCUT2D eigenvalue weighted by Gasteiger charge is 2.26. The molecule has 1 aromatic carbocycles. The third kappa shape index (κ3) is 3.71. The summed E-state index contributed by atoms with van der Waals surface area (Å²) < 4.78 is 0.962. The van der Waals surface area contributed by atoms with Crippen LogP contribution in [0.15, 0.2) is 53.1 Å². The molecule has 120 valence electrons. The van der Waals surface area contributed by atoms with Gasteiger partial charge in [0.25, 0.3) is 0 Å². The maximum Gasteiger partial charge on any atom is 0.244 e. The number of nitrogens with zero attached hydrogens (tertiary/aromatic N) is 3. The summed E-state index contributed by atoms with van der Waals surface area (Å²) in [5.41, 5.74) is 6.97. The van der Waals surface area contributed by atoms with E-state index in [9.17, 15) is 4.79 Å². The van der Waals surface area contributed by atoms with Gasteiger partial charge in [0.1, 0.15) is 11.9 Å². The second-order valence-corrected chi connectivity index (χ2v) is 6.45. The number of benzene rings is 1. The second kappa shape index (κ2) is 7.10. The lowest BCUT2D eigenvalue weighted by Crippen LogP contribution is -2.51. The molecule has 1 saturated heterocycles. The molecule has 2 N–H and O–H groups in total. The quantitative estimate of drug-likeness (QED) is 0.894. The van der Waals surface area contributed by atoms with Crippen molar-refractivity contribution in [2.75, 3.05) is 31.1 Å². The SMILES string of the molecule is NC(C(=O)N1CCN(c2ccc(Br)cn2)CC1)c1ccccc1. The van der Waals surface area contributed by atoms with Crippen molar-refractivity contribution in [3.05, 3.63) is 58.7 Å². The number of amides is 1. The van der Waals surface area contributed by atoms with Crippen molar-refractivity contribution in [2.45, 2.75) is 6.04 Å². The minimum Gasteiger partial charge on any atom is -0.353 e. The van der Waals surface area contributed by atoms with Gasteiger partial charge in [0.15, 0.2) is 0 Å². The number of halogens is 1. The molecule has 3 rings (SSSR count). The molecule has 1 atom stereocenters. The number of anilines is 1. The van der Waals surface area contributed by atoms with Crippen LogP contribution in [0, 0.1) is 0 Å². The average molecular weight is 375 g/mol. The Bertz CT molecular complexity index is 654. The smallest absolute Gasteiger partial charge is 0.244 e. The molecule has 0 aliphatic carbocycles. The summed E-state index contributed by atoms with van der Waals surface area (Å²) in [4.78, 5) is 21.0. The Hall–Kier alpha value is -1.92. The van der Waals surface area contributed by atoms with Crippen LogP contribution >= 0.6 is 15.9 Å². The molecule has 23 heavy (non-hydrogen) atoms. The summed E-state index contributed by atoms with van der Waals surface area (Å²) in [5.74, 6) is 0.923. The number of aromatic nitrogens is 1. The van der Waals surface area contributed by atoms with E-state index in [0.29, 0.717) is 13.1 Å². The molecule has 6 heteroatoms. The fraction of sp³-hybridized carbons (Fsp3) is 0.294. The number of carbonyl (C=O) groups excluding carboxylic acids is 1. The first kappa shape index (κ1) is 16.0. The summed E-state index contributed by atoms with van der Waals surface area (Å²) >= 11 is 3.39. The number of carbonyl (C=O) groups is 1. The molecule has 1 amide bonds. The van der Waals surface area contributed by atoms with Crippen LogP contribution in [0.1, 0.15) is 11.6 Å². The molecule has 2 heterocycles. The first-order valence-electron chi connectivity index (χ1n) is 7.61. The number of rotatable bonds is 3. The van der Waals surface area contributed by atoms with Crippen LogP contribution in [0.5, 0.6) is 0 Å². The number of hydrogen-bond donors (Lipinski definition) is 1. The van der Waals surface area contributed by atoms with Crippen LogP contribution in [-0.2, 0) is 4.79 Å². The monoisotopic (exact) mass is 374 g/mol. The lowest BCUT2D eigenvalue weighted by Gasteiger charge is -2.36. The van der Waals surface area contributed by atoms with Gasteiger partial charge in [-0.15, -0.1) is 0 Å². The van der Waals surface area contributed by atoms with Crippen LogP contribution in [0.4, 0.5) is 5.82 Å². The van der Waals surface area contributed by atoms with E-state index in [1.807, 2.05) is 47.4 Å². The highest BCUT2D eigenvalue weighted by atomic mass is 79.9. The van der Waals surface area contributed by atoms with Crippen molar-refractivity contribution >= 4 is 27.7 Å². The van der Waals surface area contributed by atoms with Gasteiger partial charge in [0.05, 0.1) is 0 Å². The van der Waals surface area contributed by atoms with E-state index in [1.165, 1.54) is 0 Å². The lowest BCUT2D eigenvalue weighted by atomic mass is 10.1. The zero-order valence-corrected chi connectivity index (χ0v) is 14.3. The molecule has 0 bridgehead atoms. The third-order valence-electron chi connectivity index (χ3n) is 4.05. The minimum absolute atomic E-state index is 0.0142. The molecule has 0 saturated carbocycles. The van der Waals surface area contributed by atoms with Gasteiger partial charge in [-0.1, -0.05) is 30.3 Å². The van der Waals surface area contributed by atoms with Gasteiger partial charge in [0.2, 0.25) is 5.91 Å². The maximum atomic E-state index is 12.5. The molecule has 5 nitrogen and oxygen atoms in total. The largest absolute Gasteiger partial charge is 0.353 e. The minimum atomic E-state index is -0.589. The molecule has 1 aliphatic heterocycles. The zero-order chi connectivity index (χ0) is 16.2. The molecular formula is C17H19BrN4O. The fourth-order valence-electron chi connectivity index (χ4n) is 2.71. The Labute approximate surface area is 144 Å². The van der Waals surface area contributed by atoms with Crippen molar-refractivity contribution < 1.29 is 4.79 Å². The van der Waals surface area contributed by atoms with Crippen molar-refractivity contribution in [1.82, 2.24) is 9.88 Å². The fourth-order valence-corrected chi connectivity index (χ4v) is 2.95. The molecular weight excluding hydrogens is 356 g/mol. The first-order valence-corrected chi connectivity index (χ1v) is 8.40. The van der Waals surface area contributed by atoms with E-state index in [-0.39, 0.29) is 5.91 Å². The van der Waals surface area contributed by atoms with E-state index in [4.69, 9.17) is 5.73 Å². The van der Waals surface area contributed by atoms with E-state index >= 15 is 0 Å². The molecule has 1 unspecified atom stereocenters. The molecule has 1 aromatic heterocycles. The Morgan fingerprint density at radius 2 is 1.78 bits per heavy atom. The lowest BCUT2D eigenvalue weighted by molar-refractivity contribution is -0.133. The number of hydrogen-bond acceptors (Lipinski definition) is 4. The number of nitrogens with two attached hydrogens (primary N) is 1. The van der Waals surface area contributed by atoms with Crippen molar-refractivity contribution in [2.24, 2.45) is 5.73 Å². The van der Waals surface area contributed by atoms with Crippen LogP contribution in [0.2, 0.25) is 0 Å². The van der Waals surface area contributed by atoms with Crippen LogP contribution in [0.3, 0.4) is 0 Å². The van der Waals surface area contributed by atoms with E-state index in [1.54, 1.807) is 6.20 Å². The topological polar surface area (TPSA) is 62.5 Å². The molecule has 0 radical (unpaired) electrons. The highest BCUT2D eigenvalue weighted by molar-refractivity contribution is 9.10. The van der Waals surface area contributed by atoms with Crippen molar-refractivity contribution in [1.29, 1.82) is 0 Å². The van der Waals surface area contributed by atoms with Gasteiger partial charge in [-0.3, -0.25) is 4.79 Å². The molecule has 2 aromatic rings. The average Bonchev–Trinajstić information content (AvgIpc) is 2.62. The Kier molecular flexibility index (Phi) is 4.93. The van der Waals surface area contributed by atoms with Crippen molar-refractivity contribution in [3.8, 4) is 0 Å². The summed E-state index contributed by atoms with van der Waals surface area (Å²) in [6.07, 6.45) is 1.79. The Morgan fingerprint density at radius 3 is 2.39 bits per heavy atom. The maximum absolute atomic E-state index is 12.5. The number of pyridine rings is 1. The molecule has 0 spiro atoms. The van der Waals surface area contributed by atoms with Gasteiger partial charge >= 0.3 is 0 Å². The standard InChI is InChI=1S/C17H19BrN4O/c18-14-6-7-15(20-12-14)21-8-10-22(11-9-21)17(23)16(19)13-4-2-1-3-5-13/h1-7,12,16H,8-11,19H2. The van der Waals surface area contributed by atoms with Crippen LogP contribution in [0.25, 0.3) is 0 Å². The Morgan fingerprint density at radius 1 is 1.09 bits per heavy atom. The summed E-state index contributed by atoms with van der Waals surface area (Å²) in [7, 11) is 0. The molecule has 1 aliphatic rings. The first-order chi connectivity index (χ1) is 11.1. The second-order valence-electron chi connectivity index (χ2n) is 5.54. The van der Waals surface area contributed by atoms with E-state index in [0.717, 1.165) is 28.9 Å². The summed E-state index contributed by atoms with van der Waals surface area (Å²) in [5, 5.41) is 0. The van der Waals surface area contributed by atoms with Gasteiger partial charge in [0, 0.05) is 36.8 Å². The predicted octanol–water partition coefficient (Wildman–Crippen LogP) is 2.19. The normalized spacial score (nSPS) is 16.3. The van der Waals surface area contributed by atoms with Crippen LogP contribution < -0.4 is 10.6 Å². The van der Waals surface area contributed by atoms with Crippen molar-refractivity contribution in [3.63, 3.8) is 0 Å². The highest BCUT2D eigenvalue weighted by Crippen LogP contribution is 2.18.